The Hall–Kier alpha value is -2.27. The lowest BCUT2D eigenvalue weighted by Crippen LogP contribution is -2.23. The molecule has 0 aromatic heterocycles. The number of rotatable bonds is 2. The lowest BCUT2D eigenvalue weighted by atomic mass is 10.1. The maximum atomic E-state index is 8.86. The van der Waals surface area contributed by atoms with E-state index in [-0.39, 0.29) is 0 Å². The number of aryl methyl sites for hydroxylation is 1. The third-order valence-electron chi connectivity index (χ3n) is 3.91. The monoisotopic (exact) mass is 262 g/mol. The molecule has 0 spiro atoms. The van der Waals surface area contributed by atoms with Gasteiger partial charge in [0.15, 0.2) is 0 Å². The molecule has 0 saturated carbocycles. The van der Waals surface area contributed by atoms with E-state index in [1.807, 2.05) is 12.1 Å². The van der Waals surface area contributed by atoms with Crippen molar-refractivity contribution < 1.29 is 0 Å². The largest absolute Gasteiger partial charge is 0.367 e. The van der Waals surface area contributed by atoms with Gasteiger partial charge in [0, 0.05) is 18.8 Å². The number of hydrogen-bond donors (Lipinski definition) is 0. The van der Waals surface area contributed by atoms with Crippen LogP contribution in [0.1, 0.15) is 29.5 Å². The molecule has 0 unspecified atom stereocenters. The van der Waals surface area contributed by atoms with Crippen LogP contribution in [0.15, 0.2) is 48.5 Å². The Morgan fingerprint density at radius 1 is 1.00 bits per heavy atom. The molecule has 1 heterocycles. The third-order valence-corrected chi connectivity index (χ3v) is 3.91. The van der Waals surface area contributed by atoms with Crippen LogP contribution < -0.4 is 4.90 Å². The van der Waals surface area contributed by atoms with E-state index in [0.717, 1.165) is 18.7 Å². The SMILES string of the molecule is N#Cc1ccc(CN2CCCCc3ccccc32)cc1. The zero-order valence-electron chi connectivity index (χ0n) is 11.5. The minimum Gasteiger partial charge on any atom is -0.367 e. The number of benzene rings is 2. The second-order valence-electron chi connectivity index (χ2n) is 5.32. The summed E-state index contributed by atoms with van der Waals surface area (Å²) in [6.45, 7) is 2.03. The highest BCUT2D eigenvalue weighted by atomic mass is 15.1. The van der Waals surface area contributed by atoms with Gasteiger partial charge in [-0.1, -0.05) is 30.3 Å². The number of anilines is 1. The van der Waals surface area contributed by atoms with Gasteiger partial charge in [0.1, 0.15) is 0 Å². The Morgan fingerprint density at radius 2 is 1.80 bits per heavy atom. The summed E-state index contributed by atoms with van der Waals surface area (Å²) in [4.78, 5) is 2.46. The first-order valence-corrected chi connectivity index (χ1v) is 7.19. The molecule has 1 aliphatic heterocycles. The molecule has 2 aromatic rings. The Labute approximate surface area is 120 Å². The van der Waals surface area contributed by atoms with Crippen molar-refractivity contribution in [3.63, 3.8) is 0 Å². The molecule has 0 saturated heterocycles. The summed E-state index contributed by atoms with van der Waals surface area (Å²) in [5.41, 5.74) is 4.82. The van der Waals surface area contributed by atoms with Crippen LogP contribution in [0.3, 0.4) is 0 Å². The van der Waals surface area contributed by atoms with Crippen LogP contribution in [0.2, 0.25) is 0 Å². The fourth-order valence-corrected chi connectivity index (χ4v) is 2.84. The molecule has 0 radical (unpaired) electrons. The minimum atomic E-state index is 0.727. The zero-order chi connectivity index (χ0) is 13.8. The van der Waals surface area contributed by atoms with Gasteiger partial charge in [-0.25, -0.2) is 0 Å². The van der Waals surface area contributed by atoms with Gasteiger partial charge in [0.2, 0.25) is 0 Å². The molecule has 0 aliphatic carbocycles. The van der Waals surface area contributed by atoms with Crippen LogP contribution in [0.4, 0.5) is 5.69 Å². The quantitative estimate of drug-likeness (QED) is 0.820. The van der Waals surface area contributed by atoms with Crippen molar-refractivity contribution in [2.45, 2.75) is 25.8 Å². The van der Waals surface area contributed by atoms with Gasteiger partial charge in [0.05, 0.1) is 11.6 Å². The molecule has 2 nitrogen and oxygen atoms in total. The lowest BCUT2D eigenvalue weighted by Gasteiger charge is -2.25. The van der Waals surface area contributed by atoms with E-state index in [0.29, 0.717) is 0 Å². The van der Waals surface area contributed by atoms with Crippen molar-refractivity contribution in [1.82, 2.24) is 0 Å². The Bertz CT molecular complexity index is 623. The van der Waals surface area contributed by atoms with E-state index in [9.17, 15) is 0 Å². The number of nitrogens with zero attached hydrogens (tertiary/aromatic N) is 2. The molecule has 0 atom stereocenters. The van der Waals surface area contributed by atoms with Crippen molar-refractivity contribution in [3.05, 3.63) is 65.2 Å². The summed E-state index contributed by atoms with van der Waals surface area (Å²) in [6, 6.07) is 18.8. The van der Waals surface area contributed by atoms with Gasteiger partial charge in [0.25, 0.3) is 0 Å². The molecule has 2 heteroatoms. The van der Waals surface area contributed by atoms with Gasteiger partial charge in [-0.2, -0.15) is 5.26 Å². The minimum absolute atomic E-state index is 0.727. The molecule has 0 bridgehead atoms. The third kappa shape index (κ3) is 2.67. The van der Waals surface area contributed by atoms with Crippen molar-refractivity contribution in [2.75, 3.05) is 11.4 Å². The Kier molecular flexibility index (Phi) is 3.69. The van der Waals surface area contributed by atoms with Crippen molar-refractivity contribution in [1.29, 1.82) is 5.26 Å². The standard InChI is InChI=1S/C18H18N2/c19-13-15-8-10-16(11-9-15)14-20-12-4-3-6-17-5-1-2-7-18(17)20/h1-2,5,7-11H,3-4,6,12,14H2. The van der Waals surface area contributed by atoms with Gasteiger partial charge >= 0.3 is 0 Å². The normalized spacial score (nSPS) is 14.2. The first-order chi connectivity index (χ1) is 9.86. The highest BCUT2D eigenvalue weighted by Crippen LogP contribution is 2.27. The maximum absolute atomic E-state index is 8.86. The molecule has 20 heavy (non-hydrogen) atoms. The first kappa shape index (κ1) is 12.7. The molecule has 1 aliphatic rings. The second-order valence-corrected chi connectivity index (χ2v) is 5.32. The average Bonchev–Trinajstić information content (AvgIpc) is 2.71. The van der Waals surface area contributed by atoms with E-state index in [4.69, 9.17) is 5.26 Å². The molecule has 2 aromatic carbocycles. The molecule has 0 N–H and O–H groups in total. The van der Waals surface area contributed by atoms with Crippen LogP contribution in [-0.4, -0.2) is 6.54 Å². The van der Waals surface area contributed by atoms with E-state index in [2.05, 4.69) is 47.4 Å². The highest BCUT2D eigenvalue weighted by molar-refractivity contribution is 5.54. The van der Waals surface area contributed by atoms with E-state index < -0.39 is 0 Å². The van der Waals surface area contributed by atoms with Gasteiger partial charge in [-0.15, -0.1) is 0 Å². The molecule has 0 amide bonds. The Morgan fingerprint density at radius 3 is 2.60 bits per heavy atom. The lowest BCUT2D eigenvalue weighted by molar-refractivity contribution is 0.714. The molecule has 0 fully saturated rings. The topological polar surface area (TPSA) is 27.0 Å². The van der Waals surface area contributed by atoms with Crippen LogP contribution in [0, 0.1) is 11.3 Å². The number of para-hydroxylation sites is 1. The van der Waals surface area contributed by atoms with E-state index >= 15 is 0 Å². The molecule has 100 valence electrons. The summed E-state index contributed by atoms with van der Waals surface area (Å²) in [5, 5.41) is 8.86. The zero-order valence-corrected chi connectivity index (χ0v) is 11.5. The van der Waals surface area contributed by atoms with Crippen LogP contribution >= 0.6 is 0 Å². The summed E-state index contributed by atoms with van der Waals surface area (Å²) < 4.78 is 0. The molecular weight excluding hydrogens is 244 g/mol. The number of fused-ring (bicyclic) bond motifs is 1. The van der Waals surface area contributed by atoms with Gasteiger partial charge in [-0.05, 0) is 48.6 Å². The number of hydrogen-bond acceptors (Lipinski definition) is 2. The maximum Gasteiger partial charge on any atom is 0.0991 e. The van der Waals surface area contributed by atoms with E-state index in [1.165, 1.54) is 36.1 Å². The average molecular weight is 262 g/mol. The fourth-order valence-electron chi connectivity index (χ4n) is 2.84. The van der Waals surface area contributed by atoms with Crippen molar-refractivity contribution >= 4 is 5.69 Å². The van der Waals surface area contributed by atoms with Crippen molar-refractivity contribution in [3.8, 4) is 6.07 Å². The molecule has 3 rings (SSSR count). The number of nitriles is 1. The summed E-state index contributed by atoms with van der Waals surface area (Å²) >= 11 is 0. The van der Waals surface area contributed by atoms with Crippen LogP contribution in [0.5, 0.6) is 0 Å². The van der Waals surface area contributed by atoms with Gasteiger partial charge in [-0.3, -0.25) is 0 Å². The van der Waals surface area contributed by atoms with Gasteiger partial charge < -0.3 is 4.90 Å². The second kappa shape index (κ2) is 5.79. The van der Waals surface area contributed by atoms with Crippen LogP contribution in [-0.2, 0) is 13.0 Å². The summed E-state index contributed by atoms with van der Waals surface area (Å²) in [7, 11) is 0. The first-order valence-electron chi connectivity index (χ1n) is 7.19. The summed E-state index contributed by atoms with van der Waals surface area (Å²) in [6.07, 6.45) is 3.69. The predicted octanol–water partition coefficient (Wildman–Crippen LogP) is 3.90. The molecular formula is C18H18N2. The summed E-state index contributed by atoms with van der Waals surface area (Å²) in [5.74, 6) is 0. The Balaban J connectivity index is 1.84. The smallest absolute Gasteiger partial charge is 0.0991 e. The predicted molar refractivity (Wildman–Crippen MR) is 81.6 cm³/mol. The van der Waals surface area contributed by atoms with Crippen LogP contribution in [0.25, 0.3) is 0 Å². The van der Waals surface area contributed by atoms with Crippen molar-refractivity contribution in [2.24, 2.45) is 0 Å². The highest BCUT2D eigenvalue weighted by Gasteiger charge is 2.14. The van der Waals surface area contributed by atoms with E-state index in [1.54, 1.807) is 0 Å². The fraction of sp³-hybridized carbons (Fsp3) is 0.278.